The summed E-state index contributed by atoms with van der Waals surface area (Å²) in [6, 6.07) is 17.3. The molecule has 0 aromatic heterocycles. The molecule has 0 radical (unpaired) electrons. The van der Waals surface area contributed by atoms with E-state index >= 15 is 0 Å². The van der Waals surface area contributed by atoms with Gasteiger partial charge in [0.2, 0.25) is 0 Å². The lowest BCUT2D eigenvalue weighted by atomic mass is 9.87. The van der Waals surface area contributed by atoms with Gasteiger partial charge >= 0.3 is 0 Å². The highest BCUT2D eigenvalue weighted by molar-refractivity contribution is 7.84. The minimum Gasteiger partial charge on any atom is -0.254 e. The summed E-state index contributed by atoms with van der Waals surface area (Å²) in [4.78, 5) is 0.840. The first-order chi connectivity index (χ1) is 9.90. The van der Waals surface area contributed by atoms with Gasteiger partial charge in [0.1, 0.15) is 0 Å². The Hall–Kier alpha value is -1.92. The maximum atomic E-state index is 12.4. The number of nitrogens with zero attached hydrogens (tertiary/aromatic N) is 1. The number of rotatable bonds is 3. The predicted octanol–water partition coefficient (Wildman–Crippen LogP) is 4.16. The molecular formula is C18H19NOS. The van der Waals surface area contributed by atoms with Crippen LogP contribution in [0.15, 0.2) is 53.4 Å². The standard InChI is InChI=1S/C18H19NOS/c1-18(2,3)16-8-10-17(11-9-16)21(20)13-15-6-4-14(12-19)5-7-15/h4-11H,13H2,1-3H3. The second-order valence-electron chi connectivity index (χ2n) is 6.07. The first-order valence-electron chi connectivity index (χ1n) is 6.88. The maximum Gasteiger partial charge on any atom is 0.0991 e. The molecule has 0 amide bonds. The van der Waals surface area contributed by atoms with Crippen molar-refractivity contribution in [3.05, 3.63) is 65.2 Å². The van der Waals surface area contributed by atoms with Gasteiger partial charge in [0.05, 0.1) is 28.2 Å². The molecule has 3 heteroatoms. The highest BCUT2D eigenvalue weighted by Gasteiger charge is 2.14. The van der Waals surface area contributed by atoms with Crippen LogP contribution in [0, 0.1) is 11.3 Å². The molecular weight excluding hydrogens is 278 g/mol. The Balaban J connectivity index is 2.11. The molecule has 1 atom stereocenters. The largest absolute Gasteiger partial charge is 0.254 e. The quantitative estimate of drug-likeness (QED) is 0.853. The molecule has 0 N–H and O–H groups in total. The molecule has 1 unspecified atom stereocenters. The molecule has 2 aromatic rings. The van der Waals surface area contributed by atoms with Gasteiger partial charge in [-0.15, -0.1) is 0 Å². The third-order valence-corrected chi connectivity index (χ3v) is 4.76. The van der Waals surface area contributed by atoms with Crippen molar-refractivity contribution in [1.29, 1.82) is 5.26 Å². The van der Waals surface area contributed by atoms with Crippen molar-refractivity contribution in [1.82, 2.24) is 0 Å². The fraction of sp³-hybridized carbons (Fsp3) is 0.278. The molecule has 0 fully saturated rings. The van der Waals surface area contributed by atoms with Crippen molar-refractivity contribution in [3.8, 4) is 6.07 Å². The van der Waals surface area contributed by atoms with Crippen LogP contribution in [0.4, 0.5) is 0 Å². The summed E-state index contributed by atoms with van der Waals surface area (Å²) in [7, 11) is -1.06. The van der Waals surface area contributed by atoms with E-state index in [-0.39, 0.29) is 5.41 Å². The van der Waals surface area contributed by atoms with Crippen molar-refractivity contribution < 1.29 is 4.21 Å². The molecule has 0 saturated heterocycles. The van der Waals surface area contributed by atoms with E-state index in [9.17, 15) is 4.21 Å². The van der Waals surface area contributed by atoms with Crippen LogP contribution < -0.4 is 0 Å². The molecule has 0 aliphatic carbocycles. The monoisotopic (exact) mass is 297 g/mol. The number of hydrogen-bond acceptors (Lipinski definition) is 2. The zero-order valence-corrected chi connectivity index (χ0v) is 13.4. The fourth-order valence-corrected chi connectivity index (χ4v) is 3.12. The average molecular weight is 297 g/mol. The van der Waals surface area contributed by atoms with Gasteiger partial charge in [0, 0.05) is 4.90 Å². The van der Waals surface area contributed by atoms with Crippen molar-refractivity contribution in [2.75, 3.05) is 0 Å². The Labute approximate surface area is 128 Å². The zero-order valence-electron chi connectivity index (χ0n) is 12.6. The summed E-state index contributed by atoms with van der Waals surface area (Å²) in [6.45, 7) is 6.49. The van der Waals surface area contributed by atoms with Crippen molar-refractivity contribution >= 4 is 10.8 Å². The minimum absolute atomic E-state index is 0.104. The summed E-state index contributed by atoms with van der Waals surface area (Å²) < 4.78 is 12.4. The summed E-state index contributed by atoms with van der Waals surface area (Å²) in [5.41, 5.74) is 2.94. The van der Waals surface area contributed by atoms with E-state index in [1.54, 1.807) is 12.1 Å². The van der Waals surface area contributed by atoms with Crippen LogP contribution in [0.25, 0.3) is 0 Å². The van der Waals surface area contributed by atoms with E-state index in [2.05, 4.69) is 26.8 Å². The van der Waals surface area contributed by atoms with Gasteiger partial charge in [0.15, 0.2) is 0 Å². The summed E-state index contributed by atoms with van der Waals surface area (Å²) in [5, 5.41) is 8.77. The van der Waals surface area contributed by atoms with Gasteiger partial charge in [-0.25, -0.2) is 0 Å². The van der Waals surface area contributed by atoms with E-state index in [0.717, 1.165) is 10.5 Å². The average Bonchev–Trinajstić information content (AvgIpc) is 2.47. The molecule has 0 aliphatic rings. The smallest absolute Gasteiger partial charge is 0.0991 e. The molecule has 2 rings (SSSR count). The van der Waals surface area contributed by atoms with Crippen LogP contribution in [0.3, 0.4) is 0 Å². The third-order valence-electron chi connectivity index (χ3n) is 3.36. The van der Waals surface area contributed by atoms with E-state index < -0.39 is 10.8 Å². The number of benzene rings is 2. The molecule has 0 heterocycles. The van der Waals surface area contributed by atoms with Crippen LogP contribution in [-0.2, 0) is 22.0 Å². The second-order valence-corrected chi connectivity index (χ2v) is 7.52. The van der Waals surface area contributed by atoms with Gasteiger partial charge in [0.25, 0.3) is 0 Å². The summed E-state index contributed by atoms with van der Waals surface area (Å²) in [6.07, 6.45) is 0. The lowest BCUT2D eigenvalue weighted by Crippen LogP contribution is -2.10. The van der Waals surface area contributed by atoms with Gasteiger partial charge in [-0.3, -0.25) is 4.21 Å². The fourth-order valence-electron chi connectivity index (χ4n) is 2.02. The first-order valence-corrected chi connectivity index (χ1v) is 8.20. The molecule has 2 aromatic carbocycles. The highest BCUT2D eigenvalue weighted by atomic mass is 32.2. The lowest BCUT2D eigenvalue weighted by Gasteiger charge is -2.19. The molecule has 0 bridgehead atoms. The van der Waals surface area contributed by atoms with Crippen molar-refractivity contribution in [2.24, 2.45) is 0 Å². The summed E-state index contributed by atoms with van der Waals surface area (Å²) >= 11 is 0. The van der Waals surface area contributed by atoms with Crippen LogP contribution in [0.5, 0.6) is 0 Å². The van der Waals surface area contributed by atoms with E-state index in [1.165, 1.54) is 5.56 Å². The number of nitriles is 1. The normalized spacial score (nSPS) is 12.7. The SMILES string of the molecule is CC(C)(C)c1ccc(S(=O)Cc2ccc(C#N)cc2)cc1. The minimum atomic E-state index is -1.06. The molecule has 2 nitrogen and oxygen atoms in total. The maximum absolute atomic E-state index is 12.4. The predicted molar refractivity (Wildman–Crippen MR) is 86.4 cm³/mol. The van der Waals surface area contributed by atoms with Gasteiger partial charge < -0.3 is 0 Å². The van der Waals surface area contributed by atoms with Crippen LogP contribution >= 0.6 is 0 Å². The van der Waals surface area contributed by atoms with E-state index in [1.807, 2.05) is 36.4 Å². The van der Waals surface area contributed by atoms with Gasteiger partial charge in [-0.1, -0.05) is 45.0 Å². The molecule has 108 valence electrons. The molecule has 0 saturated carbocycles. The highest BCUT2D eigenvalue weighted by Crippen LogP contribution is 2.23. The first kappa shape index (κ1) is 15.5. The summed E-state index contributed by atoms with van der Waals surface area (Å²) in [5.74, 6) is 0.473. The Kier molecular flexibility index (Phi) is 4.59. The molecule has 0 spiro atoms. The molecule has 0 aliphatic heterocycles. The van der Waals surface area contributed by atoms with Crippen LogP contribution in [-0.4, -0.2) is 4.21 Å². The zero-order chi connectivity index (χ0) is 15.5. The van der Waals surface area contributed by atoms with E-state index in [0.29, 0.717) is 11.3 Å². The Morgan fingerprint density at radius 2 is 1.57 bits per heavy atom. The van der Waals surface area contributed by atoms with Gasteiger partial charge in [-0.2, -0.15) is 5.26 Å². The van der Waals surface area contributed by atoms with E-state index in [4.69, 9.17) is 5.26 Å². The topological polar surface area (TPSA) is 40.9 Å². The Morgan fingerprint density at radius 3 is 2.05 bits per heavy atom. The van der Waals surface area contributed by atoms with Crippen molar-refractivity contribution in [3.63, 3.8) is 0 Å². The number of hydrogen-bond donors (Lipinski definition) is 0. The second kappa shape index (κ2) is 6.24. The van der Waals surface area contributed by atoms with Gasteiger partial charge in [-0.05, 0) is 40.8 Å². The molecule has 21 heavy (non-hydrogen) atoms. The third kappa shape index (κ3) is 4.03. The van der Waals surface area contributed by atoms with Crippen LogP contribution in [0.2, 0.25) is 0 Å². The Bertz CT molecular complexity index is 673. The lowest BCUT2D eigenvalue weighted by molar-refractivity contribution is 0.589. The Morgan fingerprint density at radius 1 is 1.00 bits per heavy atom. The van der Waals surface area contributed by atoms with Crippen LogP contribution in [0.1, 0.15) is 37.5 Å². The van der Waals surface area contributed by atoms with Crippen molar-refractivity contribution in [2.45, 2.75) is 36.8 Å².